The van der Waals surface area contributed by atoms with Gasteiger partial charge in [-0.25, -0.2) is 10.0 Å². The smallest absolute Gasteiger partial charge is 0.0457 e. The fourth-order valence-corrected chi connectivity index (χ4v) is 4.24. The molecule has 0 aliphatic carbocycles. The Balaban J connectivity index is 1.47. The van der Waals surface area contributed by atoms with Gasteiger partial charge in [-0.2, -0.15) is 0 Å². The fourth-order valence-electron chi connectivity index (χ4n) is 4.07. The molecule has 2 aliphatic rings. The number of hydrogen-bond donors (Lipinski definition) is 1. The van der Waals surface area contributed by atoms with Crippen LogP contribution in [0.5, 0.6) is 0 Å². The van der Waals surface area contributed by atoms with Crippen LogP contribution in [0.1, 0.15) is 43.6 Å². The number of benzene rings is 1. The molecule has 0 amide bonds. The molecule has 3 nitrogen and oxygen atoms in total. The van der Waals surface area contributed by atoms with Crippen LogP contribution in [-0.2, 0) is 0 Å². The number of aromatic nitrogens is 1. The largest absolute Gasteiger partial charge is 0.361 e. The zero-order chi connectivity index (χ0) is 14.9. The number of piperidine rings is 2. The highest BCUT2D eigenvalue weighted by Gasteiger charge is 2.26. The zero-order valence-corrected chi connectivity index (χ0v) is 13.8. The lowest BCUT2D eigenvalue weighted by Crippen LogP contribution is -2.48. The third-order valence-electron chi connectivity index (χ3n) is 5.32. The summed E-state index contributed by atoms with van der Waals surface area (Å²) in [6.07, 6.45) is 8.82. The molecule has 1 N–H and O–H groups in total. The number of fused-ring (bicyclic) bond motifs is 1. The Hall–Kier alpha value is -1.03. The maximum absolute atomic E-state index is 6.18. The van der Waals surface area contributed by atoms with Crippen molar-refractivity contribution in [2.75, 3.05) is 26.2 Å². The number of nitrogens with zero attached hydrogens (tertiary/aromatic N) is 2. The summed E-state index contributed by atoms with van der Waals surface area (Å²) in [6, 6.07) is 6.16. The standard InChI is InChI=1S/C18H24ClN3/c19-15-4-5-18-16(12-15)17(13-20-18)14-6-10-22(11-7-14)21-8-2-1-3-9-21/h4-5,12-14,20H,1-3,6-11H2. The summed E-state index contributed by atoms with van der Waals surface area (Å²) < 4.78 is 0. The molecular weight excluding hydrogens is 294 g/mol. The molecule has 0 unspecified atom stereocenters. The van der Waals surface area contributed by atoms with Gasteiger partial charge in [-0.15, -0.1) is 0 Å². The van der Waals surface area contributed by atoms with Crippen molar-refractivity contribution in [3.05, 3.63) is 35.0 Å². The van der Waals surface area contributed by atoms with E-state index < -0.39 is 0 Å². The van der Waals surface area contributed by atoms with E-state index in [-0.39, 0.29) is 0 Å². The van der Waals surface area contributed by atoms with Crippen LogP contribution in [0.15, 0.2) is 24.4 Å². The maximum atomic E-state index is 6.18. The minimum atomic E-state index is 0.660. The molecule has 1 aromatic carbocycles. The van der Waals surface area contributed by atoms with Gasteiger partial charge in [0, 0.05) is 48.3 Å². The molecule has 2 saturated heterocycles. The van der Waals surface area contributed by atoms with Crippen molar-refractivity contribution in [2.45, 2.75) is 38.0 Å². The van der Waals surface area contributed by atoms with Crippen LogP contribution in [0.25, 0.3) is 10.9 Å². The molecule has 0 atom stereocenters. The second-order valence-electron chi connectivity index (χ2n) is 6.68. The lowest BCUT2D eigenvalue weighted by atomic mass is 9.89. The summed E-state index contributed by atoms with van der Waals surface area (Å²) >= 11 is 6.18. The number of nitrogens with one attached hydrogen (secondary N) is 1. The van der Waals surface area contributed by atoms with Gasteiger partial charge in [0.05, 0.1) is 0 Å². The Morgan fingerprint density at radius 2 is 1.68 bits per heavy atom. The maximum Gasteiger partial charge on any atom is 0.0457 e. The third kappa shape index (κ3) is 2.78. The molecule has 2 aliphatic heterocycles. The average molecular weight is 318 g/mol. The van der Waals surface area contributed by atoms with Gasteiger partial charge in [-0.05, 0) is 55.4 Å². The first kappa shape index (κ1) is 14.6. The van der Waals surface area contributed by atoms with E-state index in [1.54, 1.807) is 0 Å². The van der Waals surface area contributed by atoms with Gasteiger partial charge in [-0.3, -0.25) is 0 Å². The molecule has 0 bridgehead atoms. The number of hydrogen-bond acceptors (Lipinski definition) is 2. The first-order chi connectivity index (χ1) is 10.8. The number of H-pyrrole nitrogens is 1. The molecule has 0 saturated carbocycles. The number of hydrazine groups is 1. The SMILES string of the molecule is Clc1ccc2[nH]cc(C3CCN(N4CCCCC4)CC3)c2c1. The Morgan fingerprint density at radius 1 is 0.955 bits per heavy atom. The lowest BCUT2D eigenvalue weighted by Gasteiger charge is -2.41. The van der Waals surface area contributed by atoms with E-state index in [2.05, 4.69) is 33.3 Å². The molecule has 118 valence electrons. The van der Waals surface area contributed by atoms with E-state index in [4.69, 9.17) is 11.6 Å². The number of rotatable bonds is 2. The number of aromatic amines is 1. The van der Waals surface area contributed by atoms with Crippen LogP contribution in [0, 0.1) is 0 Å². The van der Waals surface area contributed by atoms with Crippen LogP contribution in [-0.4, -0.2) is 41.2 Å². The molecule has 0 radical (unpaired) electrons. The lowest BCUT2D eigenvalue weighted by molar-refractivity contribution is -0.0552. The van der Waals surface area contributed by atoms with Crippen molar-refractivity contribution in [1.29, 1.82) is 0 Å². The molecule has 3 heterocycles. The number of halogens is 1. The molecule has 0 spiro atoms. The van der Waals surface area contributed by atoms with Gasteiger partial charge in [-0.1, -0.05) is 18.0 Å². The van der Waals surface area contributed by atoms with Crippen molar-refractivity contribution in [3.63, 3.8) is 0 Å². The Morgan fingerprint density at radius 3 is 2.45 bits per heavy atom. The van der Waals surface area contributed by atoms with Crippen LogP contribution < -0.4 is 0 Å². The molecule has 4 heteroatoms. The Kier molecular flexibility index (Phi) is 4.12. The summed E-state index contributed by atoms with van der Waals surface area (Å²) in [4.78, 5) is 3.40. The summed E-state index contributed by atoms with van der Waals surface area (Å²) in [5.74, 6) is 0.660. The zero-order valence-electron chi connectivity index (χ0n) is 13.0. The van der Waals surface area contributed by atoms with Crippen LogP contribution >= 0.6 is 11.6 Å². The van der Waals surface area contributed by atoms with Crippen molar-refractivity contribution in [3.8, 4) is 0 Å². The van der Waals surface area contributed by atoms with Crippen LogP contribution in [0.2, 0.25) is 5.02 Å². The van der Waals surface area contributed by atoms with Crippen molar-refractivity contribution < 1.29 is 0 Å². The van der Waals surface area contributed by atoms with E-state index in [0.717, 1.165) is 5.02 Å². The van der Waals surface area contributed by atoms with E-state index in [1.807, 2.05) is 6.07 Å². The van der Waals surface area contributed by atoms with Crippen molar-refractivity contribution in [1.82, 2.24) is 15.0 Å². The molecular formula is C18H24ClN3. The van der Waals surface area contributed by atoms with Gasteiger partial charge in [0.2, 0.25) is 0 Å². The molecule has 1 aromatic heterocycles. The van der Waals surface area contributed by atoms with Gasteiger partial charge in [0.1, 0.15) is 0 Å². The first-order valence-corrected chi connectivity index (χ1v) is 8.95. The normalized spacial score (nSPS) is 22.4. The van der Waals surface area contributed by atoms with E-state index in [1.165, 1.54) is 74.7 Å². The summed E-state index contributed by atoms with van der Waals surface area (Å²) in [7, 11) is 0. The first-order valence-electron chi connectivity index (χ1n) is 8.57. The second kappa shape index (κ2) is 6.23. The van der Waals surface area contributed by atoms with E-state index in [9.17, 15) is 0 Å². The summed E-state index contributed by atoms with van der Waals surface area (Å²) in [6.45, 7) is 4.90. The molecule has 2 aromatic rings. The van der Waals surface area contributed by atoms with Crippen molar-refractivity contribution in [2.24, 2.45) is 0 Å². The van der Waals surface area contributed by atoms with Gasteiger partial charge < -0.3 is 4.98 Å². The van der Waals surface area contributed by atoms with E-state index in [0.29, 0.717) is 5.92 Å². The van der Waals surface area contributed by atoms with Gasteiger partial charge in [0.15, 0.2) is 0 Å². The predicted molar refractivity (Wildman–Crippen MR) is 92.3 cm³/mol. The summed E-state index contributed by atoms with van der Waals surface area (Å²) in [5, 5.41) is 7.33. The minimum Gasteiger partial charge on any atom is -0.361 e. The van der Waals surface area contributed by atoms with E-state index >= 15 is 0 Å². The Bertz CT molecular complexity index is 637. The van der Waals surface area contributed by atoms with Gasteiger partial charge >= 0.3 is 0 Å². The van der Waals surface area contributed by atoms with Crippen molar-refractivity contribution >= 4 is 22.5 Å². The highest BCUT2D eigenvalue weighted by atomic mass is 35.5. The van der Waals surface area contributed by atoms with Crippen LogP contribution in [0.4, 0.5) is 0 Å². The average Bonchev–Trinajstić information content (AvgIpc) is 2.99. The molecule has 22 heavy (non-hydrogen) atoms. The van der Waals surface area contributed by atoms with Gasteiger partial charge in [0.25, 0.3) is 0 Å². The third-order valence-corrected chi connectivity index (χ3v) is 5.55. The Labute approximate surface area is 137 Å². The highest BCUT2D eigenvalue weighted by molar-refractivity contribution is 6.31. The topological polar surface area (TPSA) is 22.3 Å². The monoisotopic (exact) mass is 317 g/mol. The fraction of sp³-hybridized carbons (Fsp3) is 0.556. The van der Waals surface area contributed by atoms with Crippen LogP contribution in [0.3, 0.4) is 0 Å². The molecule has 4 rings (SSSR count). The highest BCUT2D eigenvalue weighted by Crippen LogP contribution is 2.34. The minimum absolute atomic E-state index is 0.660. The molecule has 2 fully saturated rings. The summed E-state index contributed by atoms with van der Waals surface area (Å²) in [5.41, 5.74) is 2.66. The second-order valence-corrected chi connectivity index (χ2v) is 7.11. The predicted octanol–water partition coefficient (Wildman–Crippen LogP) is 4.40. The quantitative estimate of drug-likeness (QED) is 0.886.